The number of para-hydroxylation sites is 1. The lowest BCUT2D eigenvalue weighted by Gasteiger charge is -2.18. The molecule has 0 spiro atoms. The molecule has 0 atom stereocenters. The first-order chi connectivity index (χ1) is 12.8. The van der Waals surface area contributed by atoms with Crippen LogP contribution in [0.4, 0.5) is 5.69 Å². The number of hydrogen-bond acceptors (Lipinski definition) is 3. The van der Waals surface area contributed by atoms with E-state index in [2.05, 4.69) is 10.6 Å². The van der Waals surface area contributed by atoms with Crippen LogP contribution in [-0.4, -0.2) is 42.8 Å². The second-order valence-corrected chi connectivity index (χ2v) is 6.56. The van der Waals surface area contributed by atoms with E-state index in [1.807, 2.05) is 51.1 Å². The van der Waals surface area contributed by atoms with E-state index in [-0.39, 0.29) is 30.8 Å². The Morgan fingerprint density at radius 3 is 2.11 bits per heavy atom. The van der Waals surface area contributed by atoms with Gasteiger partial charge >= 0.3 is 0 Å². The summed E-state index contributed by atoms with van der Waals surface area (Å²) in [6.45, 7) is 5.41. The van der Waals surface area contributed by atoms with Gasteiger partial charge in [0.1, 0.15) is 0 Å². The number of anilines is 1. The number of nitrogens with one attached hydrogen (secondary N) is 2. The van der Waals surface area contributed by atoms with Gasteiger partial charge in [-0.2, -0.15) is 0 Å². The molecule has 6 nitrogen and oxygen atoms in total. The van der Waals surface area contributed by atoms with Gasteiger partial charge in [0.2, 0.25) is 11.8 Å². The fourth-order valence-corrected chi connectivity index (χ4v) is 2.71. The smallest absolute Gasteiger partial charge is 0.251 e. The molecule has 0 radical (unpaired) electrons. The lowest BCUT2D eigenvalue weighted by Crippen LogP contribution is -2.41. The minimum atomic E-state index is -0.339. The van der Waals surface area contributed by atoms with Gasteiger partial charge < -0.3 is 15.5 Å². The summed E-state index contributed by atoms with van der Waals surface area (Å²) in [5.74, 6) is -0.933. The summed E-state index contributed by atoms with van der Waals surface area (Å²) in [6, 6.07) is 12.9. The average molecular weight is 367 g/mol. The Labute approximate surface area is 159 Å². The molecule has 0 heterocycles. The molecule has 2 rings (SSSR count). The van der Waals surface area contributed by atoms with Gasteiger partial charge in [0.25, 0.3) is 5.91 Å². The molecule has 0 unspecified atom stereocenters. The van der Waals surface area contributed by atoms with Crippen LogP contribution in [0.1, 0.15) is 27.0 Å². The van der Waals surface area contributed by atoms with Crippen molar-refractivity contribution in [2.24, 2.45) is 0 Å². The fourth-order valence-electron chi connectivity index (χ4n) is 2.71. The van der Waals surface area contributed by atoms with Crippen LogP contribution in [0.5, 0.6) is 0 Å². The third kappa shape index (κ3) is 5.41. The highest BCUT2D eigenvalue weighted by atomic mass is 16.2. The number of hydrogen-bond donors (Lipinski definition) is 2. The largest absolute Gasteiger partial charge is 0.343 e. The highest BCUT2D eigenvalue weighted by Gasteiger charge is 2.16. The number of benzene rings is 2. The SMILES string of the molecule is Cc1ccccc1C(=O)NCC(=O)N(C)CC(=O)Nc1c(C)cccc1C. The first kappa shape index (κ1) is 20.2. The minimum absolute atomic E-state index is 0.0904. The zero-order valence-electron chi connectivity index (χ0n) is 16.1. The van der Waals surface area contributed by atoms with E-state index in [0.717, 1.165) is 22.4 Å². The van der Waals surface area contributed by atoms with Crippen LogP contribution in [-0.2, 0) is 9.59 Å². The summed E-state index contributed by atoms with van der Waals surface area (Å²) in [5, 5.41) is 5.44. The number of carbonyl (C=O) groups is 3. The van der Waals surface area contributed by atoms with Gasteiger partial charge in [-0.25, -0.2) is 0 Å². The van der Waals surface area contributed by atoms with Crippen LogP contribution in [0.25, 0.3) is 0 Å². The van der Waals surface area contributed by atoms with Crippen molar-refractivity contribution in [3.05, 3.63) is 64.7 Å². The molecule has 0 aromatic heterocycles. The van der Waals surface area contributed by atoms with Gasteiger partial charge in [0.05, 0.1) is 13.1 Å². The van der Waals surface area contributed by atoms with Crippen LogP contribution >= 0.6 is 0 Å². The first-order valence-corrected chi connectivity index (χ1v) is 8.73. The maximum Gasteiger partial charge on any atom is 0.251 e. The molecule has 27 heavy (non-hydrogen) atoms. The van der Waals surface area contributed by atoms with Crippen LogP contribution in [0.15, 0.2) is 42.5 Å². The molecule has 0 aliphatic heterocycles. The summed E-state index contributed by atoms with van der Waals surface area (Å²) >= 11 is 0. The molecule has 0 fully saturated rings. The molecule has 2 aromatic carbocycles. The van der Waals surface area contributed by atoms with Crippen LogP contribution in [0, 0.1) is 20.8 Å². The molecule has 0 saturated carbocycles. The second-order valence-electron chi connectivity index (χ2n) is 6.56. The minimum Gasteiger partial charge on any atom is -0.343 e. The standard InChI is InChI=1S/C21H25N3O3/c1-14-8-5-6-11-17(14)21(27)22-12-19(26)24(4)13-18(25)23-20-15(2)9-7-10-16(20)3/h5-11H,12-13H2,1-4H3,(H,22,27)(H,23,25). The van der Waals surface area contributed by atoms with Crippen molar-refractivity contribution in [3.8, 4) is 0 Å². The number of nitrogens with zero attached hydrogens (tertiary/aromatic N) is 1. The van der Waals surface area contributed by atoms with Gasteiger partial charge in [-0.05, 0) is 43.5 Å². The summed E-state index contributed by atoms with van der Waals surface area (Å²) in [6.07, 6.45) is 0. The number of likely N-dealkylation sites (N-methyl/N-ethyl adjacent to an activating group) is 1. The van der Waals surface area contributed by atoms with Crippen molar-refractivity contribution < 1.29 is 14.4 Å². The molecular formula is C21H25N3O3. The number of carbonyl (C=O) groups excluding carboxylic acids is 3. The van der Waals surface area contributed by atoms with Crippen LogP contribution in [0.2, 0.25) is 0 Å². The van der Waals surface area contributed by atoms with Crippen LogP contribution in [0.3, 0.4) is 0 Å². The van der Waals surface area contributed by atoms with Crippen LogP contribution < -0.4 is 10.6 Å². The van der Waals surface area contributed by atoms with Gasteiger partial charge in [-0.3, -0.25) is 14.4 Å². The molecule has 0 aliphatic carbocycles. The van der Waals surface area contributed by atoms with Crippen molar-refractivity contribution in [1.29, 1.82) is 0 Å². The second kappa shape index (κ2) is 8.98. The Hall–Kier alpha value is -3.15. The number of amides is 3. The van der Waals surface area contributed by atoms with E-state index in [1.54, 1.807) is 12.1 Å². The highest BCUT2D eigenvalue weighted by molar-refractivity contribution is 5.99. The van der Waals surface area contributed by atoms with Gasteiger partial charge in [-0.1, -0.05) is 36.4 Å². The topological polar surface area (TPSA) is 78.5 Å². The Bertz CT molecular complexity index is 841. The molecular weight excluding hydrogens is 342 g/mol. The van der Waals surface area contributed by atoms with Crippen molar-refractivity contribution >= 4 is 23.4 Å². The Morgan fingerprint density at radius 1 is 0.889 bits per heavy atom. The van der Waals surface area contributed by atoms with Gasteiger partial charge in [0, 0.05) is 18.3 Å². The summed E-state index contributed by atoms with van der Waals surface area (Å²) in [5.41, 5.74) is 4.05. The summed E-state index contributed by atoms with van der Waals surface area (Å²) in [7, 11) is 1.53. The zero-order valence-corrected chi connectivity index (χ0v) is 16.1. The summed E-state index contributed by atoms with van der Waals surface area (Å²) in [4.78, 5) is 37.9. The van der Waals surface area contributed by atoms with E-state index >= 15 is 0 Å². The van der Waals surface area contributed by atoms with E-state index in [1.165, 1.54) is 11.9 Å². The van der Waals surface area contributed by atoms with E-state index in [4.69, 9.17) is 0 Å². The average Bonchev–Trinajstić information content (AvgIpc) is 2.63. The molecule has 2 N–H and O–H groups in total. The summed E-state index contributed by atoms with van der Waals surface area (Å²) < 4.78 is 0. The van der Waals surface area contributed by atoms with E-state index in [0.29, 0.717) is 5.56 Å². The maximum absolute atomic E-state index is 12.2. The van der Waals surface area contributed by atoms with Gasteiger partial charge in [-0.15, -0.1) is 0 Å². The molecule has 142 valence electrons. The number of aryl methyl sites for hydroxylation is 3. The first-order valence-electron chi connectivity index (χ1n) is 8.73. The molecule has 0 aliphatic rings. The third-order valence-electron chi connectivity index (χ3n) is 4.34. The Morgan fingerprint density at radius 2 is 1.48 bits per heavy atom. The lowest BCUT2D eigenvalue weighted by atomic mass is 10.1. The molecule has 2 aromatic rings. The maximum atomic E-state index is 12.2. The molecule has 6 heteroatoms. The lowest BCUT2D eigenvalue weighted by molar-refractivity contribution is -0.132. The van der Waals surface area contributed by atoms with Crippen molar-refractivity contribution in [1.82, 2.24) is 10.2 Å². The molecule has 3 amide bonds. The van der Waals surface area contributed by atoms with E-state index in [9.17, 15) is 14.4 Å². The normalized spacial score (nSPS) is 10.2. The predicted molar refractivity (Wildman–Crippen MR) is 106 cm³/mol. The zero-order chi connectivity index (χ0) is 20.0. The third-order valence-corrected chi connectivity index (χ3v) is 4.34. The monoisotopic (exact) mass is 367 g/mol. The Balaban J connectivity index is 1.87. The predicted octanol–water partition coefficient (Wildman–Crippen LogP) is 2.44. The van der Waals surface area contributed by atoms with Crippen molar-refractivity contribution in [3.63, 3.8) is 0 Å². The number of rotatable bonds is 6. The molecule has 0 bridgehead atoms. The van der Waals surface area contributed by atoms with Gasteiger partial charge in [0.15, 0.2) is 0 Å². The quantitative estimate of drug-likeness (QED) is 0.823. The van der Waals surface area contributed by atoms with Crippen molar-refractivity contribution in [2.75, 3.05) is 25.5 Å². The fraction of sp³-hybridized carbons (Fsp3) is 0.286. The molecule has 0 saturated heterocycles. The van der Waals surface area contributed by atoms with E-state index < -0.39 is 0 Å². The highest BCUT2D eigenvalue weighted by Crippen LogP contribution is 2.19. The van der Waals surface area contributed by atoms with Crippen molar-refractivity contribution in [2.45, 2.75) is 20.8 Å². The Kier molecular flexibility index (Phi) is 6.71.